The number of aryl methyl sites for hydroxylation is 3. The van der Waals surface area contributed by atoms with Crippen LogP contribution in [-0.2, 0) is 10.1 Å². The van der Waals surface area contributed by atoms with Crippen LogP contribution in [0, 0.1) is 20.8 Å². The van der Waals surface area contributed by atoms with Crippen molar-refractivity contribution >= 4 is 10.1 Å². The maximum Gasteiger partial charge on any atom is 0.106 e. The highest BCUT2D eigenvalue weighted by Crippen LogP contribution is 2.30. The fourth-order valence-corrected chi connectivity index (χ4v) is 3.39. The summed E-state index contributed by atoms with van der Waals surface area (Å²) in [5.41, 5.74) is 3.95. The normalized spacial score (nSPS) is 13.2. The molecular formula is C16H17O3S-. The molecule has 0 amide bonds. The Labute approximate surface area is 120 Å². The molecule has 3 nitrogen and oxygen atoms in total. The van der Waals surface area contributed by atoms with Crippen molar-refractivity contribution in [3.63, 3.8) is 0 Å². The van der Waals surface area contributed by atoms with Crippen molar-refractivity contribution in [1.29, 1.82) is 0 Å². The summed E-state index contributed by atoms with van der Waals surface area (Å²) in [7, 11) is -4.47. The van der Waals surface area contributed by atoms with Gasteiger partial charge in [-0.25, -0.2) is 8.42 Å². The van der Waals surface area contributed by atoms with Crippen LogP contribution in [0.15, 0.2) is 42.5 Å². The first kappa shape index (κ1) is 14.8. The molecule has 0 radical (unpaired) electrons. The van der Waals surface area contributed by atoms with E-state index in [2.05, 4.69) is 0 Å². The lowest BCUT2D eigenvalue weighted by Crippen LogP contribution is -2.14. The monoisotopic (exact) mass is 289 g/mol. The summed E-state index contributed by atoms with van der Waals surface area (Å²) >= 11 is 0. The van der Waals surface area contributed by atoms with Crippen LogP contribution in [0.5, 0.6) is 0 Å². The zero-order chi connectivity index (χ0) is 14.9. The van der Waals surface area contributed by atoms with Crippen LogP contribution in [0.4, 0.5) is 0 Å². The summed E-state index contributed by atoms with van der Waals surface area (Å²) in [6, 6.07) is 12.5. The van der Waals surface area contributed by atoms with Gasteiger partial charge in [0.25, 0.3) is 0 Å². The Hall–Kier alpha value is -1.65. The number of rotatable bonds is 3. The zero-order valence-electron chi connectivity index (χ0n) is 11.8. The number of hydrogen-bond acceptors (Lipinski definition) is 3. The van der Waals surface area contributed by atoms with Gasteiger partial charge < -0.3 is 4.55 Å². The molecule has 106 valence electrons. The van der Waals surface area contributed by atoms with Crippen molar-refractivity contribution in [1.82, 2.24) is 0 Å². The second-order valence-electron chi connectivity index (χ2n) is 5.20. The molecule has 4 heteroatoms. The van der Waals surface area contributed by atoms with Crippen molar-refractivity contribution in [2.45, 2.75) is 26.0 Å². The van der Waals surface area contributed by atoms with Gasteiger partial charge in [0.1, 0.15) is 10.1 Å². The summed E-state index contributed by atoms with van der Waals surface area (Å²) in [5, 5.41) is -1.15. The van der Waals surface area contributed by atoms with E-state index in [1.54, 1.807) is 24.3 Å². The summed E-state index contributed by atoms with van der Waals surface area (Å²) in [6.07, 6.45) is 0. The zero-order valence-corrected chi connectivity index (χ0v) is 12.6. The second kappa shape index (κ2) is 5.38. The molecule has 20 heavy (non-hydrogen) atoms. The van der Waals surface area contributed by atoms with Crippen LogP contribution in [0.3, 0.4) is 0 Å². The lowest BCUT2D eigenvalue weighted by atomic mass is 9.99. The third-order valence-corrected chi connectivity index (χ3v) is 4.34. The fourth-order valence-electron chi connectivity index (χ4n) is 2.43. The van der Waals surface area contributed by atoms with E-state index in [0.29, 0.717) is 11.1 Å². The van der Waals surface area contributed by atoms with Gasteiger partial charge in [0.2, 0.25) is 0 Å². The molecule has 0 aliphatic carbocycles. The Morgan fingerprint density at radius 3 is 1.75 bits per heavy atom. The predicted molar refractivity (Wildman–Crippen MR) is 78.6 cm³/mol. The SMILES string of the molecule is Cc1ccc(C(c2cc(C)cc(C)c2)S(=O)(=O)[O-])cc1. The lowest BCUT2D eigenvalue weighted by molar-refractivity contribution is 0.455. The average molecular weight is 289 g/mol. The second-order valence-corrected chi connectivity index (χ2v) is 6.66. The van der Waals surface area contributed by atoms with Crippen molar-refractivity contribution in [2.24, 2.45) is 0 Å². The van der Waals surface area contributed by atoms with Crippen LogP contribution in [0.2, 0.25) is 0 Å². The van der Waals surface area contributed by atoms with E-state index in [0.717, 1.165) is 16.7 Å². The van der Waals surface area contributed by atoms with Gasteiger partial charge in [-0.1, -0.05) is 59.2 Å². The minimum Gasteiger partial charge on any atom is -0.747 e. The first-order chi connectivity index (χ1) is 9.27. The molecule has 2 aromatic carbocycles. The predicted octanol–water partition coefficient (Wildman–Crippen LogP) is 3.25. The highest BCUT2D eigenvalue weighted by Gasteiger charge is 2.21. The Morgan fingerprint density at radius 1 is 0.800 bits per heavy atom. The van der Waals surface area contributed by atoms with Crippen LogP contribution < -0.4 is 0 Å². The van der Waals surface area contributed by atoms with E-state index in [-0.39, 0.29) is 0 Å². The van der Waals surface area contributed by atoms with E-state index in [1.165, 1.54) is 0 Å². The standard InChI is InChI=1S/C16H18O3S/c1-11-4-6-14(7-5-11)16(20(17,18)19)15-9-12(2)8-13(3)10-15/h4-10,16H,1-3H3,(H,17,18,19)/p-1. The van der Waals surface area contributed by atoms with Crippen molar-refractivity contribution in [3.8, 4) is 0 Å². The van der Waals surface area contributed by atoms with Crippen molar-refractivity contribution < 1.29 is 13.0 Å². The Balaban J connectivity index is 2.62. The summed E-state index contributed by atoms with van der Waals surface area (Å²) in [5.74, 6) is 0. The van der Waals surface area contributed by atoms with E-state index in [9.17, 15) is 13.0 Å². The van der Waals surface area contributed by atoms with Gasteiger partial charge in [0.15, 0.2) is 0 Å². The molecule has 0 saturated carbocycles. The molecule has 2 rings (SSSR count). The molecule has 0 aliphatic rings. The number of hydrogen-bond donors (Lipinski definition) is 0. The largest absolute Gasteiger partial charge is 0.747 e. The van der Waals surface area contributed by atoms with E-state index >= 15 is 0 Å². The molecule has 0 heterocycles. The molecule has 0 bridgehead atoms. The molecule has 0 saturated heterocycles. The minimum atomic E-state index is -4.47. The quantitative estimate of drug-likeness (QED) is 0.815. The maximum absolute atomic E-state index is 11.7. The highest BCUT2D eigenvalue weighted by molar-refractivity contribution is 7.86. The number of benzene rings is 2. The van der Waals surface area contributed by atoms with Crippen molar-refractivity contribution in [3.05, 3.63) is 70.3 Å². The molecule has 0 aliphatic heterocycles. The van der Waals surface area contributed by atoms with Crippen LogP contribution in [0.25, 0.3) is 0 Å². The van der Waals surface area contributed by atoms with Crippen LogP contribution in [0.1, 0.15) is 33.1 Å². The average Bonchev–Trinajstić information content (AvgIpc) is 2.29. The third kappa shape index (κ3) is 3.26. The molecule has 1 unspecified atom stereocenters. The van der Waals surface area contributed by atoms with Gasteiger partial charge in [-0.3, -0.25) is 0 Å². The summed E-state index contributed by atoms with van der Waals surface area (Å²) < 4.78 is 35.1. The molecule has 1 atom stereocenters. The molecule has 0 spiro atoms. The minimum absolute atomic E-state index is 0.510. The van der Waals surface area contributed by atoms with Crippen molar-refractivity contribution in [2.75, 3.05) is 0 Å². The van der Waals surface area contributed by atoms with E-state index < -0.39 is 15.4 Å². The van der Waals surface area contributed by atoms with Gasteiger partial charge in [0.05, 0.1) is 5.25 Å². The first-order valence-electron chi connectivity index (χ1n) is 6.37. The Bertz CT molecular complexity index is 696. The van der Waals surface area contributed by atoms with Gasteiger partial charge in [-0.05, 0) is 31.9 Å². The van der Waals surface area contributed by atoms with Crippen LogP contribution >= 0.6 is 0 Å². The maximum atomic E-state index is 11.7. The van der Waals surface area contributed by atoms with E-state index in [1.807, 2.05) is 39.0 Å². The molecule has 0 aromatic heterocycles. The summed E-state index contributed by atoms with van der Waals surface area (Å²) in [6.45, 7) is 5.70. The highest BCUT2D eigenvalue weighted by atomic mass is 32.2. The van der Waals surface area contributed by atoms with Gasteiger partial charge in [-0.2, -0.15) is 0 Å². The van der Waals surface area contributed by atoms with Gasteiger partial charge in [-0.15, -0.1) is 0 Å². The first-order valence-corrected chi connectivity index (χ1v) is 7.84. The molecule has 0 N–H and O–H groups in total. The summed E-state index contributed by atoms with van der Waals surface area (Å²) in [4.78, 5) is 0. The molecular weight excluding hydrogens is 272 g/mol. The lowest BCUT2D eigenvalue weighted by Gasteiger charge is -2.22. The third-order valence-electron chi connectivity index (χ3n) is 3.22. The van der Waals surface area contributed by atoms with E-state index in [4.69, 9.17) is 0 Å². The van der Waals surface area contributed by atoms with Gasteiger partial charge >= 0.3 is 0 Å². The Kier molecular flexibility index (Phi) is 3.97. The van der Waals surface area contributed by atoms with Gasteiger partial charge in [0, 0.05) is 0 Å². The smallest absolute Gasteiger partial charge is 0.106 e. The molecule has 2 aromatic rings. The fraction of sp³-hybridized carbons (Fsp3) is 0.250. The topological polar surface area (TPSA) is 57.2 Å². The Morgan fingerprint density at radius 2 is 1.30 bits per heavy atom. The molecule has 0 fully saturated rings. The van der Waals surface area contributed by atoms with Crippen LogP contribution in [-0.4, -0.2) is 13.0 Å².